The average molecular weight is 485 g/mol. The van der Waals surface area contributed by atoms with Gasteiger partial charge in [0.2, 0.25) is 0 Å². The molecule has 0 N–H and O–H groups in total. The van der Waals surface area contributed by atoms with E-state index in [2.05, 4.69) is 85.7 Å². The Morgan fingerprint density at radius 2 is 1.34 bits per heavy atom. The van der Waals surface area contributed by atoms with Crippen LogP contribution in [-0.2, 0) is 22.7 Å². The van der Waals surface area contributed by atoms with Crippen LogP contribution in [0.2, 0.25) is 0 Å². The van der Waals surface area contributed by atoms with E-state index >= 15 is 0 Å². The monoisotopic (exact) mass is 484 g/mol. The average Bonchev–Trinajstić information content (AvgIpc) is 2.75. The quantitative estimate of drug-likeness (QED) is 0.286. The Hall–Kier alpha value is -2.04. The summed E-state index contributed by atoms with van der Waals surface area (Å²) in [5, 5.41) is 0. The molecule has 35 heavy (non-hydrogen) atoms. The second-order valence-corrected chi connectivity index (χ2v) is 11.8. The van der Waals surface area contributed by atoms with Gasteiger partial charge in [0.25, 0.3) is 0 Å². The van der Waals surface area contributed by atoms with Crippen molar-refractivity contribution in [3.05, 3.63) is 58.7 Å². The molecule has 2 rings (SSSR count). The fourth-order valence-electron chi connectivity index (χ4n) is 5.42. The summed E-state index contributed by atoms with van der Waals surface area (Å²) in [4.78, 5) is 0. The summed E-state index contributed by atoms with van der Waals surface area (Å²) in [7, 11) is 3.40. The first-order valence-corrected chi connectivity index (χ1v) is 12.9. The van der Waals surface area contributed by atoms with Gasteiger partial charge in [-0.1, -0.05) is 84.7 Å². The third-order valence-electron chi connectivity index (χ3n) is 6.69. The summed E-state index contributed by atoms with van der Waals surface area (Å²) in [6.45, 7) is 20.4. The lowest BCUT2D eigenvalue weighted by atomic mass is 9.61. The molecule has 4 nitrogen and oxygen atoms in total. The summed E-state index contributed by atoms with van der Waals surface area (Å²) >= 11 is 0. The molecule has 2 aromatic carbocycles. The number of methoxy groups -OCH3 is 2. The maximum atomic E-state index is 6.20. The smallest absolute Gasteiger partial charge is 0.130 e. The van der Waals surface area contributed by atoms with Crippen molar-refractivity contribution in [2.45, 2.75) is 80.9 Å². The van der Waals surface area contributed by atoms with Gasteiger partial charge in [0.1, 0.15) is 24.7 Å². The molecule has 0 heterocycles. The van der Waals surface area contributed by atoms with Gasteiger partial charge in [0.15, 0.2) is 0 Å². The normalized spacial score (nSPS) is 14.0. The van der Waals surface area contributed by atoms with Crippen molar-refractivity contribution in [3.8, 4) is 11.5 Å². The largest absolute Gasteiger partial charge is 0.490 e. The van der Waals surface area contributed by atoms with E-state index in [0.717, 1.165) is 29.0 Å². The van der Waals surface area contributed by atoms with Crippen molar-refractivity contribution in [3.63, 3.8) is 0 Å². The number of ether oxygens (including phenoxy) is 4. The summed E-state index contributed by atoms with van der Waals surface area (Å²) < 4.78 is 23.2. The van der Waals surface area contributed by atoms with Gasteiger partial charge in [-0.25, -0.2) is 0 Å². The third kappa shape index (κ3) is 8.25. The van der Waals surface area contributed by atoms with E-state index in [-0.39, 0.29) is 10.8 Å². The van der Waals surface area contributed by atoms with Crippen molar-refractivity contribution >= 4 is 0 Å². The number of hydrogen-bond acceptors (Lipinski definition) is 4. The van der Waals surface area contributed by atoms with E-state index < -0.39 is 0 Å². The molecule has 196 valence electrons. The molecule has 0 aliphatic heterocycles. The zero-order valence-electron chi connectivity index (χ0n) is 23.8. The second kappa shape index (κ2) is 12.8. The first-order valence-electron chi connectivity index (χ1n) is 12.9. The number of hydrogen-bond donors (Lipinski definition) is 0. The Balaban J connectivity index is 2.16. The van der Waals surface area contributed by atoms with E-state index in [1.807, 2.05) is 6.07 Å². The minimum Gasteiger partial charge on any atom is -0.490 e. The maximum absolute atomic E-state index is 6.20. The van der Waals surface area contributed by atoms with Crippen molar-refractivity contribution in [1.29, 1.82) is 0 Å². The zero-order chi connectivity index (χ0) is 26.2. The SMILES string of the molecule is CCC(C(c1cccc(OCCOc2c(COC)cc(C)cc2COC)c1)C(C)(C)C)C(C)(C)C. The first kappa shape index (κ1) is 29.2. The van der Waals surface area contributed by atoms with Crippen LogP contribution in [0.15, 0.2) is 36.4 Å². The van der Waals surface area contributed by atoms with Crippen LogP contribution in [0.3, 0.4) is 0 Å². The number of rotatable bonds is 12. The second-order valence-electron chi connectivity index (χ2n) is 11.8. The highest BCUT2D eigenvalue weighted by Gasteiger charge is 2.38. The Kier molecular flexibility index (Phi) is 10.7. The molecule has 4 heteroatoms. The first-order chi connectivity index (χ1) is 16.4. The van der Waals surface area contributed by atoms with Crippen LogP contribution in [0, 0.1) is 23.7 Å². The highest BCUT2D eigenvalue weighted by molar-refractivity contribution is 5.44. The summed E-state index contributed by atoms with van der Waals surface area (Å²) in [6, 6.07) is 12.9. The topological polar surface area (TPSA) is 36.9 Å². The van der Waals surface area contributed by atoms with Gasteiger partial charge in [0, 0.05) is 25.3 Å². The zero-order valence-corrected chi connectivity index (χ0v) is 23.8. The number of benzene rings is 2. The van der Waals surface area contributed by atoms with Crippen LogP contribution in [0.1, 0.15) is 83.1 Å². The molecule has 0 bridgehead atoms. The lowest BCUT2D eigenvalue weighted by molar-refractivity contribution is 0.122. The Labute approximate surface area is 214 Å². The van der Waals surface area contributed by atoms with Crippen LogP contribution in [0.4, 0.5) is 0 Å². The Morgan fingerprint density at radius 3 is 1.83 bits per heavy atom. The van der Waals surface area contributed by atoms with Crippen LogP contribution in [-0.4, -0.2) is 27.4 Å². The van der Waals surface area contributed by atoms with Gasteiger partial charge >= 0.3 is 0 Å². The van der Waals surface area contributed by atoms with Gasteiger partial charge < -0.3 is 18.9 Å². The van der Waals surface area contributed by atoms with E-state index in [4.69, 9.17) is 18.9 Å². The van der Waals surface area contributed by atoms with Crippen molar-refractivity contribution in [2.24, 2.45) is 16.7 Å². The van der Waals surface area contributed by atoms with Crippen LogP contribution < -0.4 is 9.47 Å². The van der Waals surface area contributed by atoms with Crippen molar-refractivity contribution in [1.82, 2.24) is 0 Å². The summed E-state index contributed by atoms with van der Waals surface area (Å²) in [5.74, 6) is 2.73. The van der Waals surface area contributed by atoms with E-state index in [9.17, 15) is 0 Å². The predicted molar refractivity (Wildman–Crippen MR) is 145 cm³/mol. The van der Waals surface area contributed by atoms with Crippen molar-refractivity contribution in [2.75, 3.05) is 27.4 Å². The predicted octanol–water partition coefficient (Wildman–Crippen LogP) is 7.95. The summed E-state index contributed by atoms with van der Waals surface area (Å²) in [5.41, 5.74) is 4.95. The highest BCUT2D eigenvalue weighted by atomic mass is 16.5. The van der Waals surface area contributed by atoms with Gasteiger partial charge in [0.05, 0.1) is 13.2 Å². The molecule has 0 aromatic heterocycles. The molecule has 2 aromatic rings. The molecule has 2 atom stereocenters. The minimum atomic E-state index is 0.149. The van der Waals surface area contributed by atoms with Gasteiger partial charge in [-0.15, -0.1) is 0 Å². The molecular formula is C31H48O4. The fourth-order valence-corrected chi connectivity index (χ4v) is 5.42. The Morgan fingerprint density at radius 1 is 0.771 bits per heavy atom. The molecule has 0 aliphatic rings. The standard InChI is InChI=1S/C31H48O4/c1-11-27(30(3,4)5)28(31(6,7)8)23-13-12-14-26(19-23)34-15-16-35-29-24(20-32-9)17-22(2)18-25(29)21-33-10/h12-14,17-19,27-28H,11,15-16,20-21H2,1-10H3. The van der Waals surface area contributed by atoms with E-state index in [0.29, 0.717) is 38.3 Å². The number of aryl methyl sites for hydroxylation is 1. The highest BCUT2D eigenvalue weighted by Crippen LogP contribution is 2.49. The molecule has 0 aliphatic carbocycles. The fraction of sp³-hybridized carbons (Fsp3) is 0.613. The Bertz CT molecular complexity index is 893. The molecule has 0 saturated carbocycles. The summed E-state index contributed by atoms with van der Waals surface area (Å²) in [6.07, 6.45) is 1.15. The minimum absolute atomic E-state index is 0.149. The van der Waals surface area contributed by atoms with E-state index in [1.165, 1.54) is 11.1 Å². The van der Waals surface area contributed by atoms with Crippen LogP contribution in [0.5, 0.6) is 11.5 Å². The molecule has 2 unspecified atom stereocenters. The molecule has 0 amide bonds. The van der Waals surface area contributed by atoms with Crippen LogP contribution in [0.25, 0.3) is 0 Å². The van der Waals surface area contributed by atoms with Gasteiger partial charge in [-0.2, -0.15) is 0 Å². The molecular weight excluding hydrogens is 436 g/mol. The third-order valence-corrected chi connectivity index (χ3v) is 6.69. The van der Waals surface area contributed by atoms with E-state index in [1.54, 1.807) is 14.2 Å². The van der Waals surface area contributed by atoms with Crippen LogP contribution >= 0.6 is 0 Å². The lowest BCUT2D eigenvalue weighted by Crippen LogP contribution is -2.34. The van der Waals surface area contributed by atoms with Gasteiger partial charge in [-0.05, 0) is 47.3 Å². The van der Waals surface area contributed by atoms with Crippen molar-refractivity contribution < 1.29 is 18.9 Å². The molecule has 0 spiro atoms. The molecule has 0 saturated heterocycles. The molecule has 0 fully saturated rings. The lowest BCUT2D eigenvalue weighted by Gasteiger charge is -2.44. The van der Waals surface area contributed by atoms with Gasteiger partial charge in [-0.3, -0.25) is 0 Å². The maximum Gasteiger partial charge on any atom is 0.130 e. The molecule has 0 radical (unpaired) electrons.